The van der Waals surface area contributed by atoms with Gasteiger partial charge in [0.15, 0.2) is 5.60 Å². The summed E-state index contributed by atoms with van der Waals surface area (Å²) in [6, 6.07) is 10.4. The van der Waals surface area contributed by atoms with E-state index < -0.39 is 23.0 Å². The quantitative estimate of drug-likeness (QED) is 0.480. The van der Waals surface area contributed by atoms with Gasteiger partial charge in [-0.1, -0.05) is 12.1 Å². The summed E-state index contributed by atoms with van der Waals surface area (Å²) >= 11 is 0. The predicted octanol–water partition coefficient (Wildman–Crippen LogP) is 4.45. The van der Waals surface area contributed by atoms with E-state index in [1.807, 2.05) is 26.0 Å². The molecule has 2 aromatic carbocycles. The number of carbonyl (C=O) groups excluding carboxylic acids is 1. The Labute approximate surface area is 161 Å². The van der Waals surface area contributed by atoms with Crippen molar-refractivity contribution < 1.29 is 23.1 Å². The van der Waals surface area contributed by atoms with Crippen molar-refractivity contribution >= 4 is 16.9 Å². The average molecular weight is 384 g/mol. The van der Waals surface area contributed by atoms with E-state index >= 15 is 0 Å². The van der Waals surface area contributed by atoms with Crippen LogP contribution >= 0.6 is 0 Å². The number of fused-ring (bicyclic) bond motifs is 1. The van der Waals surface area contributed by atoms with E-state index in [4.69, 9.17) is 13.9 Å². The Bertz CT molecular complexity index is 1080. The van der Waals surface area contributed by atoms with E-state index in [2.05, 4.69) is 0 Å². The Morgan fingerprint density at radius 2 is 1.79 bits per heavy atom. The molecule has 0 aliphatic heterocycles. The lowest BCUT2D eigenvalue weighted by Crippen LogP contribution is -2.39. The number of rotatable bonds is 5. The Kier molecular flexibility index (Phi) is 5.23. The second kappa shape index (κ2) is 7.46. The Balaban J connectivity index is 1.79. The van der Waals surface area contributed by atoms with Crippen molar-refractivity contribution in [1.82, 2.24) is 0 Å². The molecular formula is C22H21FO5. The van der Waals surface area contributed by atoms with Crippen molar-refractivity contribution in [1.29, 1.82) is 0 Å². The maximum atomic E-state index is 13.0. The highest BCUT2D eigenvalue weighted by Crippen LogP contribution is 2.25. The first-order valence-electron chi connectivity index (χ1n) is 8.82. The third-order valence-corrected chi connectivity index (χ3v) is 4.55. The molecule has 0 bridgehead atoms. The van der Waals surface area contributed by atoms with Crippen LogP contribution in [0.4, 0.5) is 4.39 Å². The first-order valence-corrected chi connectivity index (χ1v) is 8.82. The molecule has 1 aromatic heterocycles. The molecule has 3 aromatic rings. The third-order valence-electron chi connectivity index (χ3n) is 4.55. The van der Waals surface area contributed by atoms with Gasteiger partial charge in [0.1, 0.15) is 23.8 Å². The highest BCUT2D eigenvalue weighted by molar-refractivity contribution is 5.84. The normalized spacial score (nSPS) is 11.5. The standard InChI is InChI=1S/C22H21FO5/c1-13-5-10-18-15(11-19(24)27-20(18)14(13)2)12-26-21(25)22(3,4)28-17-8-6-16(23)7-9-17/h5-11H,12H2,1-4H3. The molecule has 3 rings (SSSR count). The van der Waals surface area contributed by atoms with Gasteiger partial charge in [0.2, 0.25) is 0 Å². The average Bonchev–Trinajstić information content (AvgIpc) is 2.64. The van der Waals surface area contributed by atoms with Gasteiger partial charge in [-0.15, -0.1) is 0 Å². The summed E-state index contributed by atoms with van der Waals surface area (Å²) in [5.41, 5.74) is 1.11. The number of carbonyl (C=O) groups is 1. The first kappa shape index (κ1) is 19.6. The van der Waals surface area contributed by atoms with Crippen LogP contribution in [0.2, 0.25) is 0 Å². The minimum absolute atomic E-state index is 0.0976. The molecule has 0 atom stereocenters. The topological polar surface area (TPSA) is 65.7 Å². The number of benzene rings is 2. The Hall–Kier alpha value is -3.15. The van der Waals surface area contributed by atoms with E-state index in [1.165, 1.54) is 30.3 Å². The van der Waals surface area contributed by atoms with Crippen LogP contribution in [0.15, 0.2) is 51.7 Å². The van der Waals surface area contributed by atoms with Crippen molar-refractivity contribution in [2.24, 2.45) is 0 Å². The molecule has 146 valence electrons. The Morgan fingerprint density at radius 1 is 1.11 bits per heavy atom. The number of halogens is 1. The van der Waals surface area contributed by atoms with Crippen LogP contribution in [-0.2, 0) is 16.1 Å². The molecule has 0 unspecified atom stereocenters. The summed E-state index contributed by atoms with van der Waals surface area (Å²) < 4.78 is 29.4. The van der Waals surface area contributed by atoms with Crippen molar-refractivity contribution in [3.05, 3.63) is 75.4 Å². The minimum atomic E-state index is -1.29. The van der Waals surface area contributed by atoms with Gasteiger partial charge in [-0.25, -0.2) is 14.0 Å². The van der Waals surface area contributed by atoms with E-state index in [1.54, 1.807) is 13.8 Å². The van der Waals surface area contributed by atoms with Gasteiger partial charge in [-0.2, -0.15) is 0 Å². The van der Waals surface area contributed by atoms with Crippen LogP contribution in [0, 0.1) is 19.7 Å². The van der Waals surface area contributed by atoms with E-state index in [0.717, 1.165) is 11.1 Å². The van der Waals surface area contributed by atoms with Crippen LogP contribution in [-0.4, -0.2) is 11.6 Å². The SMILES string of the molecule is Cc1ccc2c(COC(=O)C(C)(C)Oc3ccc(F)cc3)cc(=O)oc2c1C. The monoisotopic (exact) mass is 384 g/mol. The second-order valence-corrected chi connectivity index (χ2v) is 7.12. The van der Waals surface area contributed by atoms with Crippen LogP contribution in [0.3, 0.4) is 0 Å². The fraction of sp³-hybridized carbons (Fsp3) is 0.273. The molecule has 0 spiro atoms. The van der Waals surface area contributed by atoms with E-state index in [9.17, 15) is 14.0 Å². The molecule has 0 radical (unpaired) electrons. The van der Waals surface area contributed by atoms with Gasteiger partial charge in [-0.3, -0.25) is 0 Å². The summed E-state index contributed by atoms with van der Waals surface area (Å²) in [4.78, 5) is 24.4. The summed E-state index contributed by atoms with van der Waals surface area (Å²) in [7, 11) is 0. The van der Waals surface area contributed by atoms with Gasteiger partial charge >= 0.3 is 11.6 Å². The molecule has 0 saturated carbocycles. The highest BCUT2D eigenvalue weighted by atomic mass is 19.1. The molecule has 5 nitrogen and oxygen atoms in total. The lowest BCUT2D eigenvalue weighted by molar-refractivity contribution is -0.160. The Morgan fingerprint density at radius 3 is 2.46 bits per heavy atom. The lowest BCUT2D eigenvalue weighted by atomic mass is 10.0. The van der Waals surface area contributed by atoms with Crippen molar-refractivity contribution in [3.63, 3.8) is 0 Å². The minimum Gasteiger partial charge on any atom is -0.476 e. The molecule has 0 fully saturated rings. The number of aryl methyl sites for hydroxylation is 2. The number of ether oxygens (including phenoxy) is 2. The molecule has 1 heterocycles. The van der Waals surface area contributed by atoms with Gasteiger partial charge in [0, 0.05) is 17.0 Å². The first-order chi connectivity index (χ1) is 13.2. The van der Waals surface area contributed by atoms with Gasteiger partial charge < -0.3 is 13.9 Å². The fourth-order valence-electron chi connectivity index (χ4n) is 2.80. The third kappa shape index (κ3) is 4.06. The number of hydrogen-bond donors (Lipinski definition) is 0. The maximum absolute atomic E-state index is 13.0. The smallest absolute Gasteiger partial charge is 0.350 e. The second-order valence-electron chi connectivity index (χ2n) is 7.12. The van der Waals surface area contributed by atoms with Crippen LogP contribution in [0.25, 0.3) is 11.0 Å². The molecular weight excluding hydrogens is 363 g/mol. The molecule has 0 N–H and O–H groups in total. The number of hydrogen-bond acceptors (Lipinski definition) is 5. The summed E-state index contributed by atoms with van der Waals surface area (Å²) in [6.07, 6.45) is 0. The highest BCUT2D eigenvalue weighted by Gasteiger charge is 2.32. The van der Waals surface area contributed by atoms with Gasteiger partial charge in [0.25, 0.3) is 0 Å². The van der Waals surface area contributed by atoms with Crippen molar-refractivity contribution in [3.8, 4) is 5.75 Å². The van der Waals surface area contributed by atoms with Crippen molar-refractivity contribution in [2.45, 2.75) is 39.9 Å². The predicted molar refractivity (Wildman–Crippen MR) is 103 cm³/mol. The zero-order valence-corrected chi connectivity index (χ0v) is 16.2. The van der Waals surface area contributed by atoms with Gasteiger partial charge in [0.05, 0.1) is 0 Å². The summed E-state index contributed by atoms with van der Waals surface area (Å²) in [6.45, 7) is 6.82. The number of esters is 1. The van der Waals surface area contributed by atoms with Crippen LogP contribution < -0.4 is 10.4 Å². The fourth-order valence-corrected chi connectivity index (χ4v) is 2.80. The molecule has 0 amide bonds. The van der Waals surface area contributed by atoms with Crippen molar-refractivity contribution in [2.75, 3.05) is 0 Å². The molecule has 0 aliphatic rings. The van der Waals surface area contributed by atoms with Gasteiger partial charge in [-0.05, 0) is 63.1 Å². The zero-order valence-electron chi connectivity index (χ0n) is 16.2. The van der Waals surface area contributed by atoms with Crippen LogP contribution in [0.5, 0.6) is 5.75 Å². The lowest BCUT2D eigenvalue weighted by Gasteiger charge is -2.24. The zero-order chi connectivity index (χ0) is 20.5. The largest absolute Gasteiger partial charge is 0.476 e. The maximum Gasteiger partial charge on any atom is 0.350 e. The molecule has 0 aliphatic carbocycles. The van der Waals surface area contributed by atoms with Crippen LogP contribution in [0.1, 0.15) is 30.5 Å². The van der Waals surface area contributed by atoms with E-state index in [0.29, 0.717) is 22.3 Å². The molecule has 0 saturated heterocycles. The summed E-state index contributed by atoms with van der Waals surface area (Å²) in [5, 5.41) is 0.716. The molecule has 6 heteroatoms. The van der Waals surface area contributed by atoms with E-state index in [-0.39, 0.29) is 6.61 Å². The summed E-state index contributed by atoms with van der Waals surface area (Å²) in [5.74, 6) is -0.657. The molecule has 28 heavy (non-hydrogen) atoms.